The summed E-state index contributed by atoms with van der Waals surface area (Å²) < 4.78 is 33.0. The van der Waals surface area contributed by atoms with Crippen LogP contribution < -0.4 is 20.1 Å². The summed E-state index contributed by atoms with van der Waals surface area (Å²) in [5.41, 5.74) is 6.35. The minimum atomic E-state index is -0.798. The number of benzene rings is 1. The molecule has 0 aliphatic carbocycles. The second-order valence-electron chi connectivity index (χ2n) is 11.4. The number of nitrogen functional groups attached to an aromatic ring is 1. The van der Waals surface area contributed by atoms with E-state index in [0.29, 0.717) is 55.6 Å². The fraction of sp³-hybridized carbons (Fsp3) is 0.469. The van der Waals surface area contributed by atoms with Crippen LogP contribution in [0.4, 0.5) is 15.9 Å². The van der Waals surface area contributed by atoms with Gasteiger partial charge in [-0.15, -0.1) is 0 Å². The number of nitrogens with one attached hydrogen (secondary N) is 1. The normalized spacial score (nSPS) is 15.6. The molecule has 0 radical (unpaired) electrons. The number of pyridine rings is 1. The highest BCUT2D eigenvalue weighted by molar-refractivity contribution is 6.33. The van der Waals surface area contributed by atoms with Gasteiger partial charge < -0.3 is 35.2 Å². The van der Waals surface area contributed by atoms with Crippen LogP contribution in [0.1, 0.15) is 46.1 Å². The summed E-state index contributed by atoms with van der Waals surface area (Å²) in [5, 5.41) is 8.08. The lowest BCUT2D eigenvalue weighted by Crippen LogP contribution is -2.48. The predicted octanol–water partition coefficient (Wildman–Crippen LogP) is 5.88. The molecule has 1 saturated heterocycles. The van der Waals surface area contributed by atoms with Gasteiger partial charge in [0.05, 0.1) is 17.1 Å². The Morgan fingerprint density at radius 1 is 1.22 bits per heavy atom. The van der Waals surface area contributed by atoms with E-state index in [-0.39, 0.29) is 57.5 Å². The molecule has 3 heterocycles. The van der Waals surface area contributed by atoms with Gasteiger partial charge >= 0.3 is 6.01 Å². The summed E-state index contributed by atoms with van der Waals surface area (Å²) in [6.45, 7) is 14.1. The number of nitrogens with zero attached hydrogens (tertiary/aromatic N) is 5. The third-order valence-electron chi connectivity index (χ3n) is 8.31. The number of nitrogens with two attached hydrogens (primary N) is 1. The van der Waals surface area contributed by atoms with Gasteiger partial charge in [0.2, 0.25) is 11.8 Å². The topological polar surface area (TPSA) is 140 Å². The van der Waals surface area contributed by atoms with Crippen LogP contribution in [0.3, 0.4) is 0 Å². The Bertz CT molecular complexity index is 1550. The van der Waals surface area contributed by atoms with Crippen LogP contribution in [0.2, 0.25) is 5.02 Å². The highest BCUT2D eigenvalue weighted by atomic mass is 35.5. The molecule has 0 saturated carbocycles. The van der Waals surface area contributed by atoms with Crippen LogP contribution in [-0.4, -0.2) is 77.5 Å². The maximum Gasteiger partial charge on any atom is 0.319 e. The molecule has 0 spiro atoms. The molecular weight excluding hydrogens is 601 g/mol. The molecular formula is C32H41ClFN7O4. The second-order valence-corrected chi connectivity index (χ2v) is 11.8. The zero-order valence-corrected chi connectivity index (χ0v) is 27.1. The number of carbonyl (C=O) groups excluding carboxylic acids is 1. The summed E-state index contributed by atoms with van der Waals surface area (Å²) in [7, 11) is 1.67. The third-order valence-corrected chi connectivity index (χ3v) is 8.67. The molecule has 242 valence electrons. The third kappa shape index (κ3) is 7.45. The van der Waals surface area contributed by atoms with Crippen molar-refractivity contribution in [2.24, 2.45) is 11.8 Å². The number of carbonyl (C=O) groups is 1. The predicted molar refractivity (Wildman–Crippen MR) is 174 cm³/mol. The Hall–Kier alpha value is -4.03. The zero-order chi connectivity index (χ0) is 32.8. The Labute approximate surface area is 268 Å². The average molecular weight is 642 g/mol. The molecule has 13 heteroatoms. The highest BCUT2D eigenvalue weighted by Gasteiger charge is 2.29. The number of ether oxygens (including phenoxy) is 3. The minimum Gasteiger partial charge on any atom is -0.457 e. The Kier molecular flexibility index (Phi) is 11.2. The SMILES string of the molecule is C=CC(=O)N1CCN(c2nc(O[C@H](CC)[C@@H](CC(C)C(C)C)OC)nc3c(Oc4c(Cl)c(F)cc(N)c4C=N)nccc23)CC1. The van der Waals surface area contributed by atoms with Gasteiger partial charge in [0.25, 0.3) is 0 Å². The van der Waals surface area contributed by atoms with Crippen molar-refractivity contribution in [3.05, 3.63) is 47.4 Å². The summed E-state index contributed by atoms with van der Waals surface area (Å²) in [6.07, 6.45) is 4.62. The smallest absolute Gasteiger partial charge is 0.319 e. The summed E-state index contributed by atoms with van der Waals surface area (Å²) in [5.74, 6) is 0.337. The van der Waals surface area contributed by atoms with E-state index < -0.39 is 5.82 Å². The highest BCUT2D eigenvalue weighted by Crippen LogP contribution is 2.40. The number of piperazine rings is 1. The van der Waals surface area contributed by atoms with Crippen LogP contribution in [0.5, 0.6) is 17.6 Å². The lowest BCUT2D eigenvalue weighted by atomic mass is 9.90. The lowest BCUT2D eigenvalue weighted by Gasteiger charge is -2.35. The number of aromatic nitrogens is 3. The van der Waals surface area contributed by atoms with Gasteiger partial charge in [-0.05, 0) is 42.9 Å². The first-order valence-corrected chi connectivity index (χ1v) is 15.4. The van der Waals surface area contributed by atoms with Gasteiger partial charge in [0.15, 0.2) is 5.75 Å². The van der Waals surface area contributed by atoms with Gasteiger partial charge in [-0.25, -0.2) is 9.37 Å². The number of hydrogen-bond donors (Lipinski definition) is 2. The van der Waals surface area contributed by atoms with Crippen molar-refractivity contribution in [1.29, 1.82) is 5.41 Å². The molecule has 3 aromatic rings. The molecule has 45 heavy (non-hydrogen) atoms. The number of anilines is 2. The molecule has 3 atom stereocenters. The molecule has 11 nitrogen and oxygen atoms in total. The molecule has 1 aromatic carbocycles. The van der Waals surface area contributed by atoms with Crippen molar-refractivity contribution < 1.29 is 23.4 Å². The summed E-state index contributed by atoms with van der Waals surface area (Å²) in [4.78, 5) is 30.0. The maximum absolute atomic E-state index is 14.6. The van der Waals surface area contributed by atoms with E-state index in [0.717, 1.165) is 18.7 Å². The fourth-order valence-corrected chi connectivity index (χ4v) is 5.40. The number of fused-ring (bicyclic) bond motifs is 1. The van der Waals surface area contributed by atoms with Crippen LogP contribution in [-0.2, 0) is 9.53 Å². The fourth-order valence-electron chi connectivity index (χ4n) is 5.21. The average Bonchev–Trinajstić information content (AvgIpc) is 3.04. The number of rotatable bonds is 13. The first-order valence-electron chi connectivity index (χ1n) is 15.0. The van der Waals surface area contributed by atoms with Crippen molar-refractivity contribution >= 4 is 46.1 Å². The van der Waals surface area contributed by atoms with Crippen molar-refractivity contribution in [1.82, 2.24) is 19.9 Å². The quantitative estimate of drug-likeness (QED) is 0.133. The largest absolute Gasteiger partial charge is 0.457 e. The molecule has 1 unspecified atom stereocenters. The first kappa shape index (κ1) is 33.9. The second kappa shape index (κ2) is 14.8. The molecule has 3 N–H and O–H groups in total. The van der Waals surface area contributed by atoms with Crippen LogP contribution in [0.25, 0.3) is 10.9 Å². The van der Waals surface area contributed by atoms with Crippen molar-refractivity contribution in [3.8, 4) is 17.6 Å². The standard InChI is InChI=1S/C32H41ClFN7O4/c1-7-24(25(43-6)15-19(5)18(3)4)44-32-38-28-20(30(39-32)41-13-11-40(12-14-41)26(42)8-2)9-10-37-31(28)45-29-21(17-35)23(36)16-22(34)27(29)33/h8-10,16-19,24-25,35H,2,7,11-15,36H2,1,3-6H3/t19?,24-,25-/m1/s1. The monoisotopic (exact) mass is 641 g/mol. The van der Waals surface area contributed by atoms with Crippen molar-refractivity contribution in [2.45, 2.75) is 52.7 Å². The van der Waals surface area contributed by atoms with Crippen LogP contribution in [0, 0.1) is 23.1 Å². The summed E-state index contributed by atoms with van der Waals surface area (Å²) >= 11 is 6.28. The van der Waals surface area contributed by atoms with Gasteiger partial charge in [0.1, 0.15) is 28.3 Å². The van der Waals surface area contributed by atoms with Gasteiger partial charge in [-0.2, -0.15) is 9.97 Å². The first-order chi connectivity index (χ1) is 21.5. The minimum absolute atomic E-state index is 0.00115. The molecule has 1 fully saturated rings. The molecule has 2 aromatic heterocycles. The number of hydrogen-bond acceptors (Lipinski definition) is 10. The van der Waals surface area contributed by atoms with Crippen LogP contribution in [0.15, 0.2) is 31.0 Å². The van der Waals surface area contributed by atoms with E-state index in [2.05, 4.69) is 32.3 Å². The van der Waals surface area contributed by atoms with E-state index in [1.165, 1.54) is 12.3 Å². The van der Waals surface area contributed by atoms with Crippen LogP contribution >= 0.6 is 11.6 Å². The molecule has 1 aliphatic rings. The Balaban J connectivity index is 1.81. The molecule has 1 aliphatic heterocycles. The number of methoxy groups -OCH3 is 1. The van der Waals surface area contributed by atoms with E-state index in [9.17, 15) is 9.18 Å². The van der Waals surface area contributed by atoms with E-state index >= 15 is 0 Å². The van der Waals surface area contributed by atoms with E-state index in [1.54, 1.807) is 18.1 Å². The Morgan fingerprint density at radius 3 is 2.53 bits per heavy atom. The van der Waals surface area contributed by atoms with Gasteiger partial charge in [0, 0.05) is 51.4 Å². The number of halogens is 2. The Morgan fingerprint density at radius 2 is 1.93 bits per heavy atom. The van der Waals surface area contributed by atoms with E-state index in [1.807, 2.05) is 11.8 Å². The van der Waals surface area contributed by atoms with Crippen molar-refractivity contribution in [2.75, 3.05) is 43.9 Å². The molecule has 1 amide bonds. The molecule has 0 bridgehead atoms. The van der Waals surface area contributed by atoms with E-state index in [4.69, 9.17) is 46.9 Å². The van der Waals surface area contributed by atoms with Gasteiger partial charge in [-0.1, -0.05) is 45.9 Å². The zero-order valence-electron chi connectivity index (χ0n) is 26.3. The molecule has 4 rings (SSSR count). The maximum atomic E-state index is 14.6. The summed E-state index contributed by atoms with van der Waals surface area (Å²) in [6, 6.07) is 2.87. The van der Waals surface area contributed by atoms with Gasteiger partial charge in [-0.3, -0.25) is 4.79 Å². The van der Waals surface area contributed by atoms with Crippen molar-refractivity contribution in [3.63, 3.8) is 0 Å². The number of amides is 1. The lowest BCUT2D eigenvalue weighted by molar-refractivity contribution is -0.126.